The first-order chi connectivity index (χ1) is 12.3. The third-order valence-electron chi connectivity index (χ3n) is 4.56. The van der Waals surface area contributed by atoms with Gasteiger partial charge in [-0.15, -0.1) is 0 Å². The monoisotopic (exact) mass is 478 g/mol. The van der Waals surface area contributed by atoms with Crippen molar-refractivity contribution in [2.75, 3.05) is 14.2 Å². The van der Waals surface area contributed by atoms with Gasteiger partial charge in [-0.05, 0) is 0 Å². The molecule has 0 aliphatic carbocycles. The Hall–Kier alpha value is -1.48. The molecule has 4 heteroatoms. The maximum absolute atomic E-state index is 5.51. The average molecular weight is 478 g/mol. The van der Waals surface area contributed by atoms with E-state index in [2.05, 4.69) is 74.0 Å². The molecule has 3 aromatic rings. The zero-order chi connectivity index (χ0) is 19.0. The van der Waals surface area contributed by atoms with Gasteiger partial charge < -0.3 is 0 Å². The van der Waals surface area contributed by atoms with Crippen molar-refractivity contribution >= 4 is 30.4 Å². The normalized spacial score (nSPS) is 10.9. The minimum atomic E-state index is 0.250. The summed E-state index contributed by atoms with van der Waals surface area (Å²) in [5.41, 5.74) is 7.28. The molecule has 0 unspecified atom stereocenters. The number of methoxy groups -OCH3 is 2. The Morgan fingerprint density at radius 1 is 0.692 bits per heavy atom. The molecule has 26 heavy (non-hydrogen) atoms. The van der Waals surface area contributed by atoms with Crippen LogP contribution in [0.1, 0.15) is 22.3 Å². The molecule has 0 fully saturated rings. The predicted molar refractivity (Wildman–Crippen MR) is 114 cm³/mol. The Morgan fingerprint density at radius 3 is 1.54 bits per heavy atom. The van der Waals surface area contributed by atoms with E-state index in [9.17, 15) is 0 Å². The van der Waals surface area contributed by atoms with Crippen molar-refractivity contribution in [3.05, 3.63) is 57.1 Å². The quantitative estimate of drug-likeness (QED) is 0.423. The maximum atomic E-state index is 5.51. The van der Waals surface area contributed by atoms with E-state index in [0.29, 0.717) is 0 Å². The van der Waals surface area contributed by atoms with Gasteiger partial charge in [0.15, 0.2) is 0 Å². The van der Waals surface area contributed by atoms with Crippen LogP contribution in [-0.4, -0.2) is 28.7 Å². The van der Waals surface area contributed by atoms with E-state index in [0.717, 1.165) is 11.5 Å². The molecule has 1 heterocycles. The van der Waals surface area contributed by atoms with Crippen molar-refractivity contribution in [3.63, 3.8) is 0 Å². The van der Waals surface area contributed by atoms with Gasteiger partial charge in [0.25, 0.3) is 0 Å². The standard InChI is InChI=1S/C22H23BrO2Se/c1-12-7-16(8-13(2)20(12)24-5)19-11-18(23)22(26-19)17-9-14(3)21(25-6)15(4)10-17/h7-11H,1-6H3. The third kappa shape index (κ3) is 3.51. The Morgan fingerprint density at radius 2 is 1.12 bits per heavy atom. The first-order valence-electron chi connectivity index (χ1n) is 8.46. The molecule has 136 valence electrons. The molecular weight excluding hydrogens is 455 g/mol. The summed E-state index contributed by atoms with van der Waals surface area (Å²) >= 11 is 4.04. The summed E-state index contributed by atoms with van der Waals surface area (Å²) in [5, 5.41) is 0. The summed E-state index contributed by atoms with van der Waals surface area (Å²) < 4.78 is 15.0. The number of rotatable bonds is 4. The van der Waals surface area contributed by atoms with Crippen LogP contribution >= 0.6 is 15.9 Å². The second kappa shape index (κ2) is 7.64. The van der Waals surface area contributed by atoms with Gasteiger partial charge in [0.2, 0.25) is 0 Å². The predicted octanol–water partition coefficient (Wildman–Crippen LogP) is 6.09. The van der Waals surface area contributed by atoms with Crippen LogP contribution in [0.5, 0.6) is 11.5 Å². The van der Waals surface area contributed by atoms with Crippen molar-refractivity contribution in [1.82, 2.24) is 0 Å². The van der Waals surface area contributed by atoms with Crippen LogP contribution in [0.2, 0.25) is 0 Å². The topological polar surface area (TPSA) is 18.5 Å². The van der Waals surface area contributed by atoms with Crippen LogP contribution in [0.15, 0.2) is 34.8 Å². The number of ether oxygens (including phenoxy) is 2. The zero-order valence-corrected chi connectivity index (χ0v) is 19.3. The summed E-state index contributed by atoms with van der Waals surface area (Å²) in [6.07, 6.45) is 0. The van der Waals surface area contributed by atoms with Crippen LogP contribution in [0.25, 0.3) is 20.0 Å². The third-order valence-corrected chi connectivity index (χ3v) is 8.37. The summed E-state index contributed by atoms with van der Waals surface area (Å²) in [6.45, 7) is 8.43. The van der Waals surface area contributed by atoms with E-state index < -0.39 is 0 Å². The van der Waals surface area contributed by atoms with E-state index in [1.54, 1.807) is 14.2 Å². The first-order valence-corrected chi connectivity index (χ1v) is 11.0. The van der Waals surface area contributed by atoms with Crippen LogP contribution in [-0.2, 0) is 0 Å². The molecule has 0 atom stereocenters. The molecule has 0 saturated carbocycles. The number of hydrogen-bond donors (Lipinski definition) is 0. The van der Waals surface area contributed by atoms with Gasteiger partial charge in [-0.25, -0.2) is 0 Å². The van der Waals surface area contributed by atoms with Crippen molar-refractivity contribution in [1.29, 1.82) is 0 Å². The Kier molecular flexibility index (Phi) is 5.66. The van der Waals surface area contributed by atoms with Gasteiger partial charge in [-0.2, -0.15) is 0 Å². The van der Waals surface area contributed by atoms with Gasteiger partial charge >= 0.3 is 170 Å². The van der Waals surface area contributed by atoms with E-state index in [4.69, 9.17) is 9.47 Å². The fraction of sp³-hybridized carbons (Fsp3) is 0.273. The van der Waals surface area contributed by atoms with Gasteiger partial charge in [0.05, 0.1) is 0 Å². The Balaban J connectivity index is 2.09. The number of aryl methyl sites for hydroxylation is 4. The van der Waals surface area contributed by atoms with E-state index in [1.165, 1.54) is 46.7 Å². The summed E-state index contributed by atoms with van der Waals surface area (Å²) in [4.78, 5) is 0. The molecule has 3 rings (SSSR count). The average Bonchev–Trinajstić information content (AvgIpc) is 2.96. The molecule has 0 N–H and O–H groups in total. The van der Waals surface area contributed by atoms with E-state index >= 15 is 0 Å². The van der Waals surface area contributed by atoms with Crippen LogP contribution in [0, 0.1) is 27.7 Å². The zero-order valence-electron chi connectivity index (χ0n) is 16.0. The number of benzene rings is 2. The van der Waals surface area contributed by atoms with Crippen molar-refractivity contribution < 1.29 is 9.47 Å². The SMILES string of the molecule is COc1c(C)cc(-c2cc(Br)c(-c3cc(C)c(OC)c(C)c3)[se]2)cc1C. The fourth-order valence-electron chi connectivity index (χ4n) is 3.53. The van der Waals surface area contributed by atoms with Gasteiger partial charge in [-0.3, -0.25) is 0 Å². The molecular formula is C22H23BrO2Se. The molecule has 1 aromatic heterocycles. The van der Waals surface area contributed by atoms with Gasteiger partial charge in [-0.1, -0.05) is 0 Å². The van der Waals surface area contributed by atoms with Crippen LogP contribution in [0.4, 0.5) is 0 Å². The Bertz CT molecular complexity index is 926. The molecule has 0 spiro atoms. The second-order valence-corrected chi connectivity index (χ2v) is 9.64. The van der Waals surface area contributed by atoms with Crippen LogP contribution < -0.4 is 9.47 Å². The summed E-state index contributed by atoms with van der Waals surface area (Å²) in [5.74, 6) is 1.96. The van der Waals surface area contributed by atoms with Crippen molar-refractivity contribution in [3.8, 4) is 31.5 Å². The molecule has 2 nitrogen and oxygen atoms in total. The Labute approximate surface area is 170 Å². The van der Waals surface area contributed by atoms with Crippen LogP contribution in [0.3, 0.4) is 0 Å². The molecule has 2 aromatic carbocycles. The van der Waals surface area contributed by atoms with Gasteiger partial charge in [0, 0.05) is 0 Å². The van der Waals surface area contributed by atoms with Crippen molar-refractivity contribution in [2.45, 2.75) is 27.7 Å². The minimum absolute atomic E-state index is 0.250. The second-order valence-electron chi connectivity index (χ2n) is 6.57. The van der Waals surface area contributed by atoms with Gasteiger partial charge in [0.1, 0.15) is 0 Å². The summed E-state index contributed by atoms with van der Waals surface area (Å²) in [6, 6.07) is 11.2. The molecule has 0 aliphatic heterocycles. The van der Waals surface area contributed by atoms with E-state index in [-0.39, 0.29) is 14.5 Å². The molecule has 0 saturated heterocycles. The molecule has 0 amide bonds. The summed E-state index contributed by atoms with van der Waals surface area (Å²) in [7, 11) is 3.47. The fourth-order valence-corrected chi connectivity index (χ4v) is 6.89. The molecule has 0 aliphatic rings. The van der Waals surface area contributed by atoms with Crippen molar-refractivity contribution in [2.24, 2.45) is 0 Å². The number of hydrogen-bond acceptors (Lipinski definition) is 2. The van der Waals surface area contributed by atoms with E-state index in [1.807, 2.05) is 0 Å². The molecule has 0 bridgehead atoms. The molecule has 0 radical (unpaired) electrons. The first kappa shape index (κ1) is 19.3. The number of halogens is 1.